The van der Waals surface area contributed by atoms with Crippen LogP contribution in [0.2, 0.25) is 0 Å². The molecule has 1 radical (unpaired) electrons. The van der Waals surface area contributed by atoms with Crippen molar-refractivity contribution in [3.63, 3.8) is 0 Å². The van der Waals surface area contributed by atoms with Crippen molar-refractivity contribution in [2.75, 3.05) is 0 Å². The maximum Gasteiger partial charge on any atom is 0.282 e. The fraction of sp³-hybridized carbons (Fsp3) is 0.500. The highest BCUT2D eigenvalue weighted by Gasteiger charge is 2.12. The highest BCUT2D eigenvalue weighted by atomic mass is 31.0. The topological polar surface area (TPSA) is 60.7 Å². The highest BCUT2D eigenvalue weighted by Crippen LogP contribution is 2.02. The second-order valence-electron chi connectivity index (χ2n) is 0.854. The summed E-state index contributed by atoms with van der Waals surface area (Å²) >= 11 is 0. The molecule has 0 aliphatic heterocycles. The molecule has 0 aliphatic rings. The second-order valence-corrected chi connectivity index (χ2v) is 1.19. The molecule has 37 valence electrons. The van der Waals surface area contributed by atoms with Crippen LogP contribution in [-0.2, 0) is 0 Å². The number of aliphatic hydroxyl groups is 3. The fourth-order valence-corrected chi connectivity index (χ4v) is 0. The van der Waals surface area contributed by atoms with Crippen molar-refractivity contribution < 1.29 is 15.3 Å². The van der Waals surface area contributed by atoms with Gasteiger partial charge in [0.1, 0.15) is 0 Å². The molecule has 0 rings (SSSR count). The quantitative estimate of drug-likeness (QED) is 0.288. The van der Waals surface area contributed by atoms with Crippen LogP contribution in [0.25, 0.3) is 0 Å². The molecule has 1 atom stereocenters. The van der Waals surface area contributed by atoms with E-state index < -0.39 is 5.97 Å². The summed E-state index contributed by atoms with van der Waals surface area (Å²) < 4.78 is 0. The van der Waals surface area contributed by atoms with Gasteiger partial charge in [-0.3, -0.25) is 0 Å². The van der Waals surface area contributed by atoms with E-state index in [4.69, 9.17) is 15.3 Å². The third kappa shape index (κ3) is 4.31. The van der Waals surface area contributed by atoms with E-state index in [0.717, 1.165) is 6.16 Å². The van der Waals surface area contributed by atoms with Gasteiger partial charge in [0.2, 0.25) is 0 Å². The van der Waals surface area contributed by atoms with Gasteiger partial charge in [-0.1, -0.05) is 0 Å². The van der Waals surface area contributed by atoms with Gasteiger partial charge in [0.25, 0.3) is 5.97 Å². The van der Waals surface area contributed by atoms with Crippen molar-refractivity contribution in [3.05, 3.63) is 6.16 Å². The van der Waals surface area contributed by atoms with E-state index in [1.54, 1.807) is 0 Å². The lowest BCUT2D eigenvalue weighted by molar-refractivity contribution is -0.279. The van der Waals surface area contributed by atoms with Gasteiger partial charge in [-0.05, 0) is 0 Å². The molecule has 0 saturated heterocycles. The summed E-state index contributed by atoms with van der Waals surface area (Å²) in [6.45, 7) is 0. The van der Waals surface area contributed by atoms with Crippen LogP contribution in [0.5, 0.6) is 0 Å². The van der Waals surface area contributed by atoms with E-state index in [-0.39, 0.29) is 0 Å². The number of rotatable bonds is 1. The molecule has 0 amide bonds. The number of hydrogen-bond donors (Lipinski definition) is 3. The molecule has 3 N–H and O–H groups in total. The van der Waals surface area contributed by atoms with Crippen LogP contribution in [-0.4, -0.2) is 21.3 Å². The Hall–Kier alpha value is 0.310. The normalized spacial score (nSPS) is 12.0. The Morgan fingerprint density at radius 2 is 1.50 bits per heavy atom. The van der Waals surface area contributed by atoms with Crippen LogP contribution >= 0.6 is 9.24 Å². The van der Waals surface area contributed by atoms with Gasteiger partial charge in [-0.15, -0.1) is 9.24 Å². The summed E-state index contributed by atoms with van der Waals surface area (Å²) in [6.07, 6.45) is 0.771. The van der Waals surface area contributed by atoms with Crippen LogP contribution < -0.4 is 0 Å². The molecule has 0 aromatic carbocycles. The van der Waals surface area contributed by atoms with Gasteiger partial charge >= 0.3 is 0 Å². The zero-order valence-corrected chi connectivity index (χ0v) is 4.15. The van der Waals surface area contributed by atoms with Gasteiger partial charge in [-0.25, -0.2) is 0 Å². The van der Waals surface area contributed by atoms with E-state index in [1.807, 2.05) is 9.24 Å². The van der Waals surface area contributed by atoms with Gasteiger partial charge in [0.05, 0.1) is 6.16 Å². The third-order valence-corrected chi connectivity index (χ3v) is 0.671. The van der Waals surface area contributed by atoms with Gasteiger partial charge in [0.15, 0.2) is 0 Å². The Balaban J connectivity index is 3.17. The van der Waals surface area contributed by atoms with Crippen LogP contribution in [0.3, 0.4) is 0 Å². The van der Waals surface area contributed by atoms with Crippen LogP contribution in [0, 0.1) is 6.16 Å². The predicted octanol–water partition coefficient (Wildman–Crippen LogP) is -1.35. The Labute approximate surface area is 37.8 Å². The van der Waals surface area contributed by atoms with Gasteiger partial charge in [-0.2, -0.15) is 0 Å². The molecule has 4 heteroatoms. The molecule has 6 heavy (non-hydrogen) atoms. The Morgan fingerprint density at radius 3 is 1.50 bits per heavy atom. The Morgan fingerprint density at radius 1 is 1.33 bits per heavy atom. The molecule has 1 unspecified atom stereocenters. The first-order chi connectivity index (χ1) is 2.56. The molecular weight excluding hydrogens is 103 g/mol. The lowest BCUT2D eigenvalue weighted by Gasteiger charge is -2.07. The second kappa shape index (κ2) is 1.85. The fourth-order valence-electron chi connectivity index (χ4n) is 0. The molecule has 0 bridgehead atoms. The summed E-state index contributed by atoms with van der Waals surface area (Å²) in [7, 11) is 1.85. The Kier molecular flexibility index (Phi) is 1.94. The number of hydrogen-bond acceptors (Lipinski definition) is 3. The van der Waals surface area contributed by atoms with Gasteiger partial charge < -0.3 is 15.3 Å². The van der Waals surface area contributed by atoms with E-state index in [1.165, 1.54) is 0 Å². The zero-order chi connectivity index (χ0) is 5.21. The van der Waals surface area contributed by atoms with E-state index in [2.05, 4.69) is 0 Å². The first kappa shape index (κ1) is 6.31. The maximum atomic E-state index is 7.86. The minimum atomic E-state index is -2.62. The van der Waals surface area contributed by atoms with Crippen molar-refractivity contribution in [1.82, 2.24) is 0 Å². The predicted molar refractivity (Wildman–Crippen MR) is 23.4 cm³/mol. The molecule has 0 spiro atoms. The van der Waals surface area contributed by atoms with Crippen LogP contribution in [0.15, 0.2) is 0 Å². The van der Waals surface area contributed by atoms with E-state index in [0.29, 0.717) is 0 Å². The standard InChI is InChI=1S/C2H6O3P/c3-2(4,5)1-6/h1,3-5H,6H2. The van der Waals surface area contributed by atoms with E-state index in [9.17, 15) is 0 Å². The Bertz CT molecular complexity index is 38.5. The van der Waals surface area contributed by atoms with Crippen molar-refractivity contribution in [3.8, 4) is 0 Å². The van der Waals surface area contributed by atoms with Crippen molar-refractivity contribution in [2.24, 2.45) is 0 Å². The molecule has 0 aromatic rings. The summed E-state index contributed by atoms with van der Waals surface area (Å²) in [6, 6.07) is 0. The van der Waals surface area contributed by atoms with Crippen LogP contribution in [0.4, 0.5) is 0 Å². The maximum absolute atomic E-state index is 7.86. The summed E-state index contributed by atoms with van der Waals surface area (Å²) in [5.74, 6) is -2.62. The lowest BCUT2D eigenvalue weighted by Crippen LogP contribution is -2.24. The summed E-state index contributed by atoms with van der Waals surface area (Å²) in [4.78, 5) is 0. The molecular formula is C2H6O3P. The lowest BCUT2D eigenvalue weighted by atomic mass is 10.7. The average Bonchev–Trinajstić information content (AvgIpc) is 1.35. The minimum Gasteiger partial charge on any atom is -0.343 e. The van der Waals surface area contributed by atoms with E-state index >= 15 is 0 Å². The molecule has 0 heterocycles. The molecule has 0 aliphatic carbocycles. The smallest absolute Gasteiger partial charge is 0.282 e. The first-order valence-corrected chi connectivity index (χ1v) is 1.96. The average molecular weight is 109 g/mol. The monoisotopic (exact) mass is 109 g/mol. The summed E-state index contributed by atoms with van der Waals surface area (Å²) in [5, 5.41) is 23.6. The highest BCUT2D eigenvalue weighted by molar-refractivity contribution is 7.19. The third-order valence-electron chi connectivity index (χ3n) is 0.224. The largest absolute Gasteiger partial charge is 0.343 e. The zero-order valence-electron chi connectivity index (χ0n) is 3.00. The van der Waals surface area contributed by atoms with Crippen molar-refractivity contribution >= 4 is 9.24 Å². The summed E-state index contributed by atoms with van der Waals surface area (Å²) in [5.41, 5.74) is 0. The molecule has 0 aromatic heterocycles. The minimum absolute atomic E-state index is 0.771. The van der Waals surface area contributed by atoms with Crippen LogP contribution in [0.1, 0.15) is 0 Å². The first-order valence-electron chi connectivity index (χ1n) is 1.29. The molecule has 0 saturated carbocycles. The van der Waals surface area contributed by atoms with Crippen molar-refractivity contribution in [2.45, 2.75) is 5.97 Å². The van der Waals surface area contributed by atoms with Gasteiger partial charge in [0, 0.05) is 0 Å². The van der Waals surface area contributed by atoms with Crippen molar-refractivity contribution in [1.29, 1.82) is 0 Å². The SMILES string of the molecule is OC(O)(O)[CH]P. The molecule has 3 nitrogen and oxygen atoms in total. The molecule has 0 fully saturated rings.